The van der Waals surface area contributed by atoms with Crippen molar-refractivity contribution in [3.05, 3.63) is 60.6 Å². The highest BCUT2D eigenvalue weighted by Gasteiger charge is 2.39. The molecule has 1 aliphatic carbocycles. The van der Waals surface area contributed by atoms with Gasteiger partial charge in [-0.2, -0.15) is 0 Å². The number of amides is 1. The Bertz CT molecular complexity index is 822. The van der Waals surface area contributed by atoms with Crippen LogP contribution in [-0.2, 0) is 0 Å². The number of oxazole rings is 1. The van der Waals surface area contributed by atoms with E-state index in [0.29, 0.717) is 11.5 Å². The molecule has 1 aliphatic rings. The lowest BCUT2D eigenvalue weighted by Crippen LogP contribution is -2.36. The van der Waals surface area contributed by atoms with Gasteiger partial charge in [0.05, 0.1) is 12.3 Å². The molecule has 1 atom stereocenters. The van der Waals surface area contributed by atoms with Crippen LogP contribution in [-0.4, -0.2) is 26.8 Å². The van der Waals surface area contributed by atoms with E-state index in [1.54, 1.807) is 30.8 Å². The summed E-state index contributed by atoms with van der Waals surface area (Å²) in [6.45, 7) is 2.01. The minimum Gasteiger partial charge on any atom is -0.461 e. The van der Waals surface area contributed by atoms with Crippen LogP contribution < -0.4 is 0 Å². The number of rotatable bonds is 5. The summed E-state index contributed by atoms with van der Waals surface area (Å²) in [5, 5.41) is 0. The lowest BCUT2D eigenvalue weighted by molar-refractivity contribution is 0.0668. The zero-order valence-corrected chi connectivity index (χ0v) is 13.3. The van der Waals surface area contributed by atoms with Crippen LogP contribution in [0.15, 0.2) is 58.2 Å². The van der Waals surface area contributed by atoms with Crippen molar-refractivity contribution in [1.82, 2.24) is 14.9 Å². The molecule has 1 fully saturated rings. The maximum absolute atomic E-state index is 13.2. The van der Waals surface area contributed by atoms with Crippen molar-refractivity contribution in [2.45, 2.75) is 31.8 Å². The highest BCUT2D eigenvalue weighted by molar-refractivity contribution is 5.97. The van der Waals surface area contributed by atoms with Crippen LogP contribution in [0.5, 0.6) is 0 Å². The highest BCUT2D eigenvalue weighted by Crippen LogP contribution is 2.36. The maximum atomic E-state index is 13.2. The van der Waals surface area contributed by atoms with Gasteiger partial charge < -0.3 is 13.7 Å². The van der Waals surface area contributed by atoms with Crippen molar-refractivity contribution in [3.8, 4) is 11.5 Å². The summed E-state index contributed by atoms with van der Waals surface area (Å²) >= 11 is 0. The molecule has 0 spiro atoms. The molecular weight excluding hydrogens is 306 g/mol. The molecular formula is C18H17N3O3. The Kier molecular flexibility index (Phi) is 3.65. The first kappa shape index (κ1) is 14.7. The van der Waals surface area contributed by atoms with Gasteiger partial charge in [0.1, 0.15) is 0 Å². The van der Waals surface area contributed by atoms with Crippen LogP contribution >= 0.6 is 0 Å². The SMILES string of the molecule is C[C@H](c1cccnc1)N(C(=O)c1ncoc1-c1ccco1)C1CC1. The van der Waals surface area contributed by atoms with E-state index in [2.05, 4.69) is 9.97 Å². The zero-order chi connectivity index (χ0) is 16.5. The van der Waals surface area contributed by atoms with Crippen LogP contribution in [0.2, 0.25) is 0 Å². The third kappa shape index (κ3) is 2.60. The molecule has 1 amide bonds. The van der Waals surface area contributed by atoms with E-state index >= 15 is 0 Å². The molecule has 0 aliphatic heterocycles. The topological polar surface area (TPSA) is 72.4 Å². The van der Waals surface area contributed by atoms with Crippen molar-refractivity contribution in [1.29, 1.82) is 0 Å². The van der Waals surface area contributed by atoms with Gasteiger partial charge in [0.2, 0.25) is 5.76 Å². The van der Waals surface area contributed by atoms with E-state index in [1.807, 2.05) is 24.0 Å². The predicted octanol–water partition coefficient (Wildman–Crippen LogP) is 3.70. The molecule has 0 radical (unpaired) electrons. The van der Waals surface area contributed by atoms with Crippen LogP contribution in [0.3, 0.4) is 0 Å². The molecule has 0 aromatic carbocycles. The first-order chi connectivity index (χ1) is 11.8. The van der Waals surface area contributed by atoms with Crippen molar-refractivity contribution in [2.75, 3.05) is 0 Å². The molecule has 0 unspecified atom stereocenters. The van der Waals surface area contributed by atoms with E-state index in [9.17, 15) is 4.79 Å². The third-order valence-electron chi connectivity index (χ3n) is 4.27. The smallest absolute Gasteiger partial charge is 0.277 e. The van der Waals surface area contributed by atoms with E-state index in [1.165, 1.54) is 6.39 Å². The van der Waals surface area contributed by atoms with E-state index in [4.69, 9.17) is 8.83 Å². The van der Waals surface area contributed by atoms with Crippen LogP contribution in [0.4, 0.5) is 0 Å². The predicted molar refractivity (Wildman–Crippen MR) is 86.0 cm³/mol. The lowest BCUT2D eigenvalue weighted by Gasteiger charge is -2.29. The normalized spacial score (nSPS) is 15.2. The fraction of sp³-hybridized carbons (Fsp3) is 0.278. The largest absolute Gasteiger partial charge is 0.461 e. The van der Waals surface area contributed by atoms with Gasteiger partial charge in [0.25, 0.3) is 5.91 Å². The minimum absolute atomic E-state index is 0.0835. The van der Waals surface area contributed by atoms with Crippen molar-refractivity contribution < 1.29 is 13.6 Å². The van der Waals surface area contributed by atoms with Gasteiger partial charge in [-0.05, 0) is 43.5 Å². The van der Waals surface area contributed by atoms with Gasteiger partial charge in [-0.15, -0.1) is 0 Å². The molecule has 122 valence electrons. The first-order valence-electron chi connectivity index (χ1n) is 7.95. The molecule has 3 aromatic rings. The molecule has 0 N–H and O–H groups in total. The summed E-state index contributed by atoms with van der Waals surface area (Å²) in [5.74, 6) is 0.726. The van der Waals surface area contributed by atoms with Gasteiger partial charge in [-0.3, -0.25) is 9.78 Å². The second kappa shape index (κ2) is 5.96. The Labute approximate surface area is 139 Å². The van der Waals surface area contributed by atoms with Crippen molar-refractivity contribution >= 4 is 5.91 Å². The molecule has 6 heteroatoms. The second-order valence-corrected chi connectivity index (χ2v) is 5.91. The Morgan fingerprint density at radius 1 is 1.29 bits per heavy atom. The molecule has 6 nitrogen and oxygen atoms in total. The lowest BCUT2D eigenvalue weighted by atomic mass is 10.1. The Morgan fingerprint density at radius 2 is 2.17 bits per heavy atom. The number of nitrogens with zero attached hydrogens (tertiary/aromatic N) is 3. The zero-order valence-electron chi connectivity index (χ0n) is 13.3. The molecule has 0 bridgehead atoms. The van der Waals surface area contributed by atoms with Gasteiger partial charge >= 0.3 is 0 Å². The first-order valence-corrected chi connectivity index (χ1v) is 7.95. The number of pyridine rings is 1. The number of hydrogen-bond donors (Lipinski definition) is 0. The van der Waals surface area contributed by atoms with E-state index in [0.717, 1.165) is 18.4 Å². The fourth-order valence-electron chi connectivity index (χ4n) is 2.90. The van der Waals surface area contributed by atoms with Crippen molar-refractivity contribution in [3.63, 3.8) is 0 Å². The number of furan rings is 1. The molecule has 3 heterocycles. The summed E-state index contributed by atoms with van der Waals surface area (Å²) in [7, 11) is 0. The Hall–Kier alpha value is -2.89. The summed E-state index contributed by atoms with van der Waals surface area (Å²) < 4.78 is 10.8. The summed E-state index contributed by atoms with van der Waals surface area (Å²) in [6.07, 6.45) is 8.36. The second-order valence-electron chi connectivity index (χ2n) is 5.91. The maximum Gasteiger partial charge on any atom is 0.277 e. The summed E-state index contributed by atoms with van der Waals surface area (Å²) in [6, 6.07) is 7.52. The third-order valence-corrected chi connectivity index (χ3v) is 4.27. The summed E-state index contributed by atoms with van der Waals surface area (Å²) in [4.78, 5) is 23.3. The number of carbonyl (C=O) groups is 1. The standard InChI is InChI=1S/C18H17N3O3/c1-12(13-4-2-8-19-10-13)21(14-6-7-14)18(22)16-17(24-11-20-16)15-5-3-9-23-15/h2-5,8-12,14H,6-7H2,1H3/t12-/m1/s1. The van der Waals surface area contributed by atoms with Gasteiger partial charge in [0.15, 0.2) is 17.8 Å². The molecule has 24 heavy (non-hydrogen) atoms. The number of carbonyl (C=O) groups excluding carboxylic acids is 1. The molecule has 0 saturated heterocycles. The quantitative estimate of drug-likeness (QED) is 0.716. The van der Waals surface area contributed by atoms with Crippen LogP contribution in [0.1, 0.15) is 41.9 Å². The van der Waals surface area contributed by atoms with Gasteiger partial charge in [0, 0.05) is 18.4 Å². The Morgan fingerprint density at radius 3 is 2.83 bits per heavy atom. The molecule has 1 saturated carbocycles. The van der Waals surface area contributed by atoms with Gasteiger partial charge in [-0.1, -0.05) is 6.07 Å². The fourth-order valence-corrected chi connectivity index (χ4v) is 2.90. The van der Waals surface area contributed by atoms with E-state index in [-0.39, 0.29) is 23.7 Å². The average Bonchev–Trinajstić information content (AvgIpc) is 3.11. The molecule has 3 aromatic heterocycles. The minimum atomic E-state index is -0.144. The number of hydrogen-bond acceptors (Lipinski definition) is 5. The summed E-state index contributed by atoms with van der Waals surface area (Å²) in [5.41, 5.74) is 1.29. The van der Waals surface area contributed by atoms with Crippen molar-refractivity contribution in [2.24, 2.45) is 0 Å². The van der Waals surface area contributed by atoms with Crippen LogP contribution in [0.25, 0.3) is 11.5 Å². The Balaban J connectivity index is 1.68. The monoisotopic (exact) mass is 323 g/mol. The van der Waals surface area contributed by atoms with E-state index < -0.39 is 0 Å². The molecule has 4 rings (SSSR count). The van der Waals surface area contributed by atoms with Gasteiger partial charge in [-0.25, -0.2) is 4.98 Å². The van der Waals surface area contributed by atoms with Crippen LogP contribution in [0, 0.1) is 0 Å². The highest BCUT2D eigenvalue weighted by atomic mass is 16.4. The number of aromatic nitrogens is 2. The average molecular weight is 323 g/mol.